The fraction of sp³-hybridized carbons (Fsp3) is 0.143. The molecule has 0 radical (unpaired) electrons. The Balaban J connectivity index is 1.43. The van der Waals surface area contributed by atoms with Gasteiger partial charge in [0.15, 0.2) is 11.0 Å². The van der Waals surface area contributed by atoms with Crippen molar-refractivity contribution in [2.75, 3.05) is 11.1 Å². The molecule has 0 bridgehead atoms. The van der Waals surface area contributed by atoms with Crippen LogP contribution in [0.15, 0.2) is 89.6 Å². The maximum absolute atomic E-state index is 12.5. The number of para-hydroxylation sites is 2. The van der Waals surface area contributed by atoms with Crippen LogP contribution in [0.5, 0.6) is 5.75 Å². The molecule has 1 aromatic heterocycles. The van der Waals surface area contributed by atoms with Gasteiger partial charge in [0.05, 0.1) is 18.5 Å². The van der Waals surface area contributed by atoms with Gasteiger partial charge in [0.1, 0.15) is 5.75 Å². The Bertz CT molecular complexity index is 1460. The number of hydrogen-bond acceptors (Lipinski definition) is 7. The summed E-state index contributed by atoms with van der Waals surface area (Å²) in [6, 6.07) is 20.7. The predicted octanol–water partition coefficient (Wildman–Crippen LogP) is 5.52. The van der Waals surface area contributed by atoms with E-state index in [-0.39, 0.29) is 17.4 Å². The van der Waals surface area contributed by atoms with Crippen LogP contribution in [0.1, 0.15) is 22.5 Å². The van der Waals surface area contributed by atoms with Gasteiger partial charge in [-0.25, -0.2) is 5.43 Å². The summed E-state index contributed by atoms with van der Waals surface area (Å²) < 4.78 is 1.92. The number of aromatic hydroxyl groups is 1. The van der Waals surface area contributed by atoms with Gasteiger partial charge in [0.2, 0.25) is 0 Å². The first-order chi connectivity index (χ1) is 18.5. The number of hydrazone groups is 1. The Labute approximate surface area is 230 Å². The summed E-state index contributed by atoms with van der Waals surface area (Å²) >= 11 is 7.33. The molecule has 3 aromatic carbocycles. The van der Waals surface area contributed by atoms with Crippen LogP contribution in [0.25, 0.3) is 5.69 Å². The molecule has 0 atom stereocenters. The van der Waals surface area contributed by atoms with Gasteiger partial charge in [-0.05, 0) is 60.9 Å². The Morgan fingerprint density at radius 1 is 1.16 bits per heavy atom. The summed E-state index contributed by atoms with van der Waals surface area (Å²) in [7, 11) is 0. The highest BCUT2D eigenvalue weighted by atomic mass is 35.5. The van der Waals surface area contributed by atoms with Crippen molar-refractivity contribution in [3.8, 4) is 11.4 Å². The van der Waals surface area contributed by atoms with Crippen molar-refractivity contribution in [1.29, 1.82) is 0 Å². The molecule has 0 fully saturated rings. The number of carbonyl (C=O) groups excluding carboxylic acids is 1. The molecule has 4 aromatic rings. The second kappa shape index (κ2) is 12.9. The highest BCUT2D eigenvalue weighted by Crippen LogP contribution is 2.25. The number of phenolic OH excluding ortho intramolecular Hbond substituents is 1. The van der Waals surface area contributed by atoms with Crippen LogP contribution in [0, 0.1) is 6.92 Å². The molecular weight excluding hydrogens is 520 g/mol. The Morgan fingerprint density at radius 2 is 1.97 bits per heavy atom. The third-order valence-electron chi connectivity index (χ3n) is 5.58. The fourth-order valence-corrected chi connectivity index (χ4v) is 4.71. The van der Waals surface area contributed by atoms with Crippen LogP contribution in [-0.4, -0.2) is 37.7 Å². The number of nitrogens with one attached hydrogen (secondary N) is 2. The molecular formula is C28H27ClN6O2S. The number of allylic oxidation sites excluding steroid dienone is 1. The van der Waals surface area contributed by atoms with Gasteiger partial charge in [-0.2, -0.15) is 5.10 Å². The summed E-state index contributed by atoms with van der Waals surface area (Å²) in [5.74, 6) is 0.577. The zero-order valence-corrected chi connectivity index (χ0v) is 22.3. The number of rotatable bonds is 11. The van der Waals surface area contributed by atoms with Crippen LogP contribution >= 0.6 is 23.4 Å². The number of anilines is 1. The zero-order valence-electron chi connectivity index (χ0n) is 20.8. The number of thioether (sulfide) groups is 1. The average molecular weight is 547 g/mol. The number of amides is 1. The topological polar surface area (TPSA) is 104 Å². The van der Waals surface area contributed by atoms with Crippen molar-refractivity contribution in [1.82, 2.24) is 20.2 Å². The standard InChI is InChI=1S/C28H27ClN6O2S/c1-3-8-20-9-7-10-21(27(20)37)16-31-33-26(36)18-38-28-34-32-25(35(28)23-11-5-4-6-12-23)17-30-24-14-13-22(29)15-19(24)2/h3-7,9-16,30,37H,1,8,17-18H2,2H3,(H,33,36)/b31-16+. The van der Waals surface area contributed by atoms with Crippen molar-refractivity contribution >= 4 is 41.2 Å². The van der Waals surface area contributed by atoms with Crippen LogP contribution in [-0.2, 0) is 17.8 Å². The van der Waals surface area contributed by atoms with E-state index in [9.17, 15) is 9.90 Å². The number of benzene rings is 3. The minimum Gasteiger partial charge on any atom is -0.507 e. The van der Waals surface area contributed by atoms with Gasteiger partial charge in [0, 0.05) is 22.0 Å². The number of carbonyl (C=O) groups is 1. The molecule has 1 heterocycles. The monoisotopic (exact) mass is 546 g/mol. The maximum Gasteiger partial charge on any atom is 0.250 e. The number of aryl methyl sites for hydroxylation is 1. The lowest BCUT2D eigenvalue weighted by Crippen LogP contribution is -2.20. The number of halogens is 1. The molecule has 194 valence electrons. The van der Waals surface area contributed by atoms with Crippen LogP contribution < -0.4 is 10.7 Å². The van der Waals surface area contributed by atoms with E-state index in [4.69, 9.17) is 11.6 Å². The lowest BCUT2D eigenvalue weighted by atomic mass is 10.1. The maximum atomic E-state index is 12.5. The average Bonchev–Trinajstić information content (AvgIpc) is 3.32. The molecule has 38 heavy (non-hydrogen) atoms. The van der Waals surface area contributed by atoms with Crippen LogP contribution in [0.2, 0.25) is 5.02 Å². The third-order valence-corrected chi connectivity index (χ3v) is 6.74. The second-order valence-electron chi connectivity index (χ2n) is 8.31. The van der Waals surface area contributed by atoms with Crippen molar-refractivity contribution in [3.05, 3.63) is 107 Å². The Hall–Kier alpha value is -4.08. The normalized spacial score (nSPS) is 11.0. The molecule has 10 heteroatoms. The van der Waals surface area contributed by atoms with E-state index in [0.717, 1.165) is 22.5 Å². The molecule has 0 saturated heterocycles. The fourth-order valence-electron chi connectivity index (χ4n) is 3.72. The highest BCUT2D eigenvalue weighted by molar-refractivity contribution is 7.99. The first-order valence-corrected chi connectivity index (χ1v) is 13.2. The summed E-state index contributed by atoms with van der Waals surface area (Å²) in [4.78, 5) is 12.5. The molecule has 0 aliphatic heterocycles. The Morgan fingerprint density at radius 3 is 2.74 bits per heavy atom. The van der Waals surface area contributed by atoms with E-state index < -0.39 is 0 Å². The molecule has 4 rings (SSSR count). The molecule has 0 spiro atoms. The van der Waals surface area contributed by atoms with Crippen molar-refractivity contribution in [3.63, 3.8) is 0 Å². The molecule has 8 nitrogen and oxygen atoms in total. The SMILES string of the molecule is C=CCc1cccc(/C=N/NC(=O)CSc2nnc(CNc3ccc(Cl)cc3C)n2-c2ccccc2)c1O. The summed E-state index contributed by atoms with van der Waals surface area (Å²) in [6.07, 6.45) is 3.66. The van der Waals surface area contributed by atoms with Crippen molar-refractivity contribution in [2.45, 2.75) is 25.0 Å². The molecule has 0 unspecified atom stereocenters. The van der Waals surface area contributed by atoms with Crippen LogP contribution in [0.3, 0.4) is 0 Å². The van der Waals surface area contributed by atoms with Gasteiger partial charge >= 0.3 is 0 Å². The van der Waals surface area contributed by atoms with E-state index in [2.05, 4.69) is 32.6 Å². The molecule has 1 amide bonds. The lowest BCUT2D eigenvalue weighted by molar-refractivity contribution is -0.118. The van der Waals surface area contributed by atoms with Gasteiger partial charge in [-0.1, -0.05) is 59.8 Å². The van der Waals surface area contributed by atoms with Gasteiger partial charge < -0.3 is 10.4 Å². The third kappa shape index (κ3) is 6.81. The first-order valence-electron chi connectivity index (χ1n) is 11.8. The lowest BCUT2D eigenvalue weighted by Gasteiger charge is -2.12. The van der Waals surface area contributed by atoms with Crippen molar-refractivity contribution < 1.29 is 9.90 Å². The van der Waals surface area contributed by atoms with E-state index >= 15 is 0 Å². The first kappa shape index (κ1) is 27.0. The van der Waals surface area contributed by atoms with E-state index in [0.29, 0.717) is 34.5 Å². The largest absolute Gasteiger partial charge is 0.507 e. The van der Waals surface area contributed by atoms with Crippen LogP contribution in [0.4, 0.5) is 5.69 Å². The summed E-state index contributed by atoms with van der Waals surface area (Å²) in [6.45, 7) is 6.10. The van der Waals surface area contributed by atoms with Crippen molar-refractivity contribution in [2.24, 2.45) is 5.10 Å². The minimum atomic E-state index is -0.313. The van der Waals surface area contributed by atoms with E-state index in [1.807, 2.05) is 72.2 Å². The van der Waals surface area contributed by atoms with Gasteiger partial charge in [0.25, 0.3) is 5.91 Å². The van der Waals surface area contributed by atoms with Gasteiger partial charge in [-0.3, -0.25) is 9.36 Å². The summed E-state index contributed by atoms with van der Waals surface area (Å²) in [5, 5.41) is 27.7. The quantitative estimate of drug-likeness (QED) is 0.0990. The molecule has 0 saturated carbocycles. The highest BCUT2D eigenvalue weighted by Gasteiger charge is 2.16. The van der Waals surface area contributed by atoms with Gasteiger partial charge in [-0.15, -0.1) is 16.8 Å². The number of nitrogens with zero attached hydrogens (tertiary/aromatic N) is 4. The summed E-state index contributed by atoms with van der Waals surface area (Å²) in [5.41, 5.74) is 6.61. The molecule has 0 aliphatic rings. The predicted molar refractivity (Wildman–Crippen MR) is 153 cm³/mol. The molecule has 3 N–H and O–H groups in total. The minimum absolute atomic E-state index is 0.0779. The number of aromatic nitrogens is 3. The smallest absolute Gasteiger partial charge is 0.250 e. The van der Waals surface area contributed by atoms with E-state index in [1.165, 1.54) is 18.0 Å². The second-order valence-corrected chi connectivity index (χ2v) is 9.69. The van der Waals surface area contributed by atoms with E-state index in [1.54, 1.807) is 12.1 Å². The number of phenols is 1. The zero-order chi connectivity index (χ0) is 26.9. The Kier molecular flexibility index (Phi) is 9.18. The number of hydrogen-bond donors (Lipinski definition) is 3. The molecule has 0 aliphatic carbocycles.